The average Bonchev–Trinajstić information content (AvgIpc) is 2.14. The second-order valence-corrected chi connectivity index (χ2v) is 7.86. The topological polar surface area (TPSA) is 9.23 Å². The van der Waals surface area contributed by atoms with E-state index in [2.05, 4.69) is 33.8 Å². The maximum absolute atomic E-state index is 5.88. The van der Waals surface area contributed by atoms with Crippen LogP contribution in [0.1, 0.15) is 34.1 Å². The van der Waals surface area contributed by atoms with Crippen molar-refractivity contribution >= 4 is 8.32 Å². The molecular weight excluding hydrogens is 164 g/mol. The van der Waals surface area contributed by atoms with Crippen LogP contribution in [0, 0.1) is 0 Å². The lowest BCUT2D eigenvalue weighted by Crippen LogP contribution is -2.33. The van der Waals surface area contributed by atoms with Crippen molar-refractivity contribution in [1.29, 1.82) is 0 Å². The van der Waals surface area contributed by atoms with Crippen molar-refractivity contribution in [2.24, 2.45) is 0 Å². The molecule has 72 valence electrons. The lowest BCUT2D eigenvalue weighted by atomic mass is 10.5. The highest BCUT2D eigenvalue weighted by molar-refractivity contribution is 6.73. The first-order valence-corrected chi connectivity index (χ1v) is 7.60. The molecule has 1 nitrogen and oxygen atoms in total. The van der Waals surface area contributed by atoms with Crippen molar-refractivity contribution in [3.8, 4) is 0 Å². The number of allylic oxidation sites excluding steroid dienone is 1. The molecule has 0 bridgehead atoms. The Morgan fingerprint density at radius 1 is 1.00 bits per heavy atom. The fourth-order valence-electron chi connectivity index (χ4n) is 1.29. The minimum atomic E-state index is -1.34. The van der Waals surface area contributed by atoms with Gasteiger partial charge in [-0.25, -0.2) is 0 Å². The van der Waals surface area contributed by atoms with Crippen molar-refractivity contribution in [1.82, 2.24) is 0 Å². The Balaban J connectivity index is 4.01. The third-order valence-corrected chi connectivity index (χ3v) is 7.09. The first-order valence-electron chi connectivity index (χ1n) is 5.07. The highest BCUT2D eigenvalue weighted by Crippen LogP contribution is 2.21. The summed E-state index contributed by atoms with van der Waals surface area (Å²) < 4.78 is 5.88. The van der Waals surface area contributed by atoms with Crippen LogP contribution in [-0.2, 0) is 4.43 Å². The highest BCUT2D eigenvalue weighted by Gasteiger charge is 2.28. The van der Waals surface area contributed by atoms with E-state index in [1.54, 1.807) is 0 Å². The Morgan fingerprint density at radius 3 is 1.83 bits per heavy atom. The van der Waals surface area contributed by atoms with E-state index in [4.69, 9.17) is 4.43 Å². The van der Waals surface area contributed by atoms with E-state index in [1.807, 2.05) is 6.26 Å². The predicted octanol–water partition coefficient (Wildman–Crippen LogP) is 3.93. The molecule has 0 atom stereocenters. The Bertz CT molecular complexity index is 120. The summed E-state index contributed by atoms with van der Waals surface area (Å²) in [5.41, 5.74) is 0. The molecule has 2 heteroatoms. The summed E-state index contributed by atoms with van der Waals surface area (Å²) in [7, 11) is -1.34. The molecule has 0 aromatic rings. The van der Waals surface area contributed by atoms with E-state index in [9.17, 15) is 0 Å². The minimum absolute atomic E-state index is 1.07. The van der Waals surface area contributed by atoms with Gasteiger partial charge in [0.15, 0.2) is 0 Å². The van der Waals surface area contributed by atoms with Gasteiger partial charge >= 0.3 is 0 Å². The maximum atomic E-state index is 5.88. The summed E-state index contributed by atoms with van der Waals surface area (Å²) in [5.74, 6) is 0. The molecule has 0 amide bonds. The first kappa shape index (κ1) is 11.8. The molecule has 0 aromatic heterocycles. The van der Waals surface area contributed by atoms with E-state index in [1.165, 1.54) is 18.1 Å². The average molecular weight is 186 g/mol. The van der Waals surface area contributed by atoms with E-state index in [0.717, 1.165) is 6.42 Å². The first-order chi connectivity index (χ1) is 5.74. The van der Waals surface area contributed by atoms with Crippen LogP contribution in [-0.4, -0.2) is 8.32 Å². The lowest BCUT2D eigenvalue weighted by molar-refractivity contribution is 0.456. The van der Waals surface area contributed by atoms with Crippen LogP contribution in [0.25, 0.3) is 0 Å². The molecule has 0 aliphatic heterocycles. The molecule has 0 fully saturated rings. The van der Waals surface area contributed by atoms with Gasteiger partial charge in [-0.15, -0.1) is 0 Å². The van der Waals surface area contributed by atoms with Crippen molar-refractivity contribution in [2.45, 2.75) is 52.2 Å². The van der Waals surface area contributed by atoms with Gasteiger partial charge in [0.1, 0.15) is 0 Å². The molecule has 0 saturated carbocycles. The van der Waals surface area contributed by atoms with Crippen LogP contribution in [0.5, 0.6) is 0 Å². The summed E-state index contributed by atoms with van der Waals surface area (Å²) in [6, 6.07) is 3.69. The molecule has 0 spiro atoms. The van der Waals surface area contributed by atoms with Gasteiger partial charge in [-0.3, -0.25) is 0 Å². The molecule has 0 saturated heterocycles. The normalized spacial score (nSPS) is 12.3. The van der Waals surface area contributed by atoms with Gasteiger partial charge in [-0.05, 0) is 24.6 Å². The molecule has 0 aliphatic rings. The molecule has 0 radical (unpaired) electrons. The monoisotopic (exact) mass is 186 g/mol. The van der Waals surface area contributed by atoms with E-state index >= 15 is 0 Å². The Labute approximate surface area is 78.0 Å². The van der Waals surface area contributed by atoms with E-state index in [-0.39, 0.29) is 0 Å². The number of rotatable bonds is 6. The second-order valence-electron chi connectivity index (χ2n) is 3.14. The molecule has 0 rings (SSSR count). The SMILES string of the molecule is CC/C=C\O[Si](CC)(CC)CC. The quantitative estimate of drug-likeness (QED) is 0.451. The van der Waals surface area contributed by atoms with Crippen LogP contribution in [0.15, 0.2) is 12.3 Å². The van der Waals surface area contributed by atoms with Crippen LogP contribution >= 0.6 is 0 Å². The molecule has 0 unspecified atom stereocenters. The number of hydrogen-bond donors (Lipinski definition) is 0. The van der Waals surface area contributed by atoms with Crippen molar-refractivity contribution in [3.63, 3.8) is 0 Å². The summed E-state index contributed by atoms with van der Waals surface area (Å²) in [4.78, 5) is 0. The van der Waals surface area contributed by atoms with Gasteiger partial charge in [0.25, 0.3) is 0 Å². The van der Waals surface area contributed by atoms with E-state index in [0.29, 0.717) is 0 Å². The van der Waals surface area contributed by atoms with Crippen molar-refractivity contribution < 1.29 is 4.43 Å². The van der Waals surface area contributed by atoms with E-state index < -0.39 is 8.32 Å². The zero-order chi connectivity index (χ0) is 9.45. The molecular formula is C10H22OSi. The van der Waals surface area contributed by atoms with Crippen LogP contribution in [0.2, 0.25) is 18.1 Å². The third-order valence-electron chi connectivity index (χ3n) is 2.58. The van der Waals surface area contributed by atoms with Gasteiger partial charge in [0, 0.05) is 0 Å². The Kier molecular flexibility index (Phi) is 6.16. The minimum Gasteiger partial charge on any atom is -0.549 e. The summed E-state index contributed by atoms with van der Waals surface area (Å²) >= 11 is 0. The zero-order valence-electron chi connectivity index (χ0n) is 8.89. The fraction of sp³-hybridized carbons (Fsp3) is 0.800. The molecule has 0 aromatic carbocycles. The van der Waals surface area contributed by atoms with Crippen LogP contribution in [0.3, 0.4) is 0 Å². The van der Waals surface area contributed by atoms with Gasteiger partial charge in [0.05, 0.1) is 6.26 Å². The fourth-order valence-corrected chi connectivity index (χ4v) is 3.67. The highest BCUT2D eigenvalue weighted by atomic mass is 28.4. The van der Waals surface area contributed by atoms with Crippen LogP contribution in [0.4, 0.5) is 0 Å². The van der Waals surface area contributed by atoms with Crippen molar-refractivity contribution in [3.05, 3.63) is 12.3 Å². The summed E-state index contributed by atoms with van der Waals surface area (Å²) in [6.45, 7) is 8.88. The molecule has 0 aliphatic carbocycles. The third kappa shape index (κ3) is 3.44. The molecule has 0 heterocycles. The second kappa shape index (κ2) is 6.29. The summed E-state index contributed by atoms with van der Waals surface area (Å²) in [5, 5.41) is 0. The Morgan fingerprint density at radius 2 is 1.50 bits per heavy atom. The lowest BCUT2D eigenvalue weighted by Gasteiger charge is -2.26. The largest absolute Gasteiger partial charge is 0.549 e. The summed E-state index contributed by atoms with van der Waals surface area (Å²) in [6.07, 6.45) is 5.09. The smallest absolute Gasteiger partial charge is 0.249 e. The van der Waals surface area contributed by atoms with Gasteiger partial charge in [-0.2, -0.15) is 0 Å². The number of hydrogen-bond acceptors (Lipinski definition) is 1. The van der Waals surface area contributed by atoms with Gasteiger partial charge in [-0.1, -0.05) is 33.8 Å². The van der Waals surface area contributed by atoms with Gasteiger partial charge in [0.2, 0.25) is 8.32 Å². The molecule has 12 heavy (non-hydrogen) atoms. The Hall–Kier alpha value is -0.243. The van der Waals surface area contributed by atoms with Crippen LogP contribution < -0.4 is 0 Å². The standard InChI is InChI=1S/C10H22OSi/c1-5-9-10-11-12(6-2,7-3)8-4/h9-10H,5-8H2,1-4H3/b10-9-. The molecule has 0 N–H and O–H groups in total. The van der Waals surface area contributed by atoms with Gasteiger partial charge < -0.3 is 4.43 Å². The predicted molar refractivity (Wildman–Crippen MR) is 57.7 cm³/mol. The maximum Gasteiger partial charge on any atom is 0.249 e. The zero-order valence-corrected chi connectivity index (χ0v) is 9.89. The van der Waals surface area contributed by atoms with Crippen molar-refractivity contribution in [2.75, 3.05) is 0 Å².